The van der Waals surface area contributed by atoms with Gasteiger partial charge in [-0.25, -0.2) is 21.6 Å². The van der Waals surface area contributed by atoms with Crippen molar-refractivity contribution >= 4 is 20.0 Å². The highest BCUT2D eigenvalue weighted by Crippen LogP contribution is 2.19. The molecule has 0 heterocycles. The molecule has 9 heteroatoms. The van der Waals surface area contributed by atoms with Crippen LogP contribution in [0.2, 0.25) is 0 Å². The van der Waals surface area contributed by atoms with Gasteiger partial charge in [0.05, 0.1) is 15.4 Å². The quantitative estimate of drug-likeness (QED) is 0.760. The monoisotopic (exact) mass is 336 g/mol. The highest BCUT2D eigenvalue weighted by Gasteiger charge is 2.26. The fourth-order valence-corrected chi connectivity index (χ4v) is 3.77. The van der Waals surface area contributed by atoms with E-state index in [0.29, 0.717) is 0 Å². The molecule has 0 spiro atoms. The molecule has 21 heavy (non-hydrogen) atoms. The summed E-state index contributed by atoms with van der Waals surface area (Å²) in [6, 6.07) is 4.88. The maximum atomic E-state index is 12.3. The fourth-order valence-electron chi connectivity index (χ4n) is 1.72. The minimum Gasteiger partial charge on any atom is -0.389 e. The first-order valence-electron chi connectivity index (χ1n) is 6.12. The van der Waals surface area contributed by atoms with Crippen LogP contribution < -0.4 is 4.72 Å². The molecule has 0 amide bonds. The first kappa shape index (κ1) is 18.1. The van der Waals surface area contributed by atoms with Gasteiger partial charge < -0.3 is 5.11 Å². The van der Waals surface area contributed by atoms with E-state index < -0.39 is 25.6 Å². The molecule has 7 nitrogen and oxygen atoms in total. The summed E-state index contributed by atoms with van der Waals surface area (Å²) in [5.74, 6) is 0. The van der Waals surface area contributed by atoms with Gasteiger partial charge >= 0.3 is 0 Å². The van der Waals surface area contributed by atoms with E-state index in [2.05, 4.69) is 4.72 Å². The van der Waals surface area contributed by atoms with Gasteiger partial charge in [-0.05, 0) is 45.2 Å². The predicted octanol–water partition coefficient (Wildman–Crippen LogP) is -0.0139. The molecule has 120 valence electrons. The maximum Gasteiger partial charge on any atom is 0.242 e. The second-order valence-corrected chi connectivity index (χ2v) is 9.18. The Morgan fingerprint density at radius 3 is 1.90 bits per heavy atom. The smallest absolute Gasteiger partial charge is 0.242 e. The van der Waals surface area contributed by atoms with E-state index in [1.54, 1.807) is 0 Å². The average molecular weight is 336 g/mol. The zero-order chi connectivity index (χ0) is 16.5. The normalized spacial score (nSPS) is 13.6. The molecule has 0 aliphatic heterocycles. The summed E-state index contributed by atoms with van der Waals surface area (Å²) in [4.78, 5) is -0.0570. The summed E-state index contributed by atoms with van der Waals surface area (Å²) in [6.07, 6.45) is 0. The highest BCUT2D eigenvalue weighted by atomic mass is 32.2. The Balaban J connectivity index is 3.12. The Labute approximate surface area is 125 Å². The van der Waals surface area contributed by atoms with E-state index in [1.807, 2.05) is 0 Å². The number of nitrogens with one attached hydrogen (secondary N) is 1. The van der Waals surface area contributed by atoms with Crippen LogP contribution in [0.3, 0.4) is 0 Å². The number of likely N-dealkylation sites (N-methyl/N-ethyl adjacent to an activating group) is 1. The van der Waals surface area contributed by atoms with Gasteiger partial charge in [0.1, 0.15) is 0 Å². The lowest BCUT2D eigenvalue weighted by Crippen LogP contribution is -2.39. The predicted molar refractivity (Wildman–Crippen MR) is 78.8 cm³/mol. The van der Waals surface area contributed by atoms with Gasteiger partial charge in [0.15, 0.2) is 0 Å². The van der Waals surface area contributed by atoms with E-state index in [-0.39, 0.29) is 16.3 Å². The van der Waals surface area contributed by atoms with Crippen molar-refractivity contribution in [2.24, 2.45) is 0 Å². The zero-order valence-electron chi connectivity index (χ0n) is 12.4. The van der Waals surface area contributed by atoms with Crippen LogP contribution in [0.25, 0.3) is 0 Å². The molecule has 0 atom stereocenters. The number of hydrogen-bond acceptors (Lipinski definition) is 5. The Hall–Kier alpha value is -1.00. The van der Waals surface area contributed by atoms with Crippen molar-refractivity contribution in [2.75, 3.05) is 20.6 Å². The first-order chi connectivity index (χ1) is 9.40. The lowest BCUT2D eigenvalue weighted by molar-refractivity contribution is 0.0640. The van der Waals surface area contributed by atoms with Crippen LogP contribution in [0.1, 0.15) is 13.8 Å². The van der Waals surface area contributed by atoms with Crippen molar-refractivity contribution in [1.82, 2.24) is 9.03 Å². The van der Waals surface area contributed by atoms with Crippen molar-refractivity contribution in [3.63, 3.8) is 0 Å². The van der Waals surface area contributed by atoms with Gasteiger partial charge in [0.25, 0.3) is 0 Å². The molecule has 0 radical (unpaired) electrons. The van der Waals surface area contributed by atoms with Crippen molar-refractivity contribution < 1.29 is 21.9 Å². The van der Waals surface area contributed by atoms with Gasteiger partial charge in [-0.15, -0.1) is 0 Å². The Bertz CT molecular complexity index is 688. The van der Waals surface area contributed by atoms with E-state index in [4.69, 9.17) is 0 Å². The molecule has 2 N–H and O–H groups in total. The molecule has 0 saturated carbocycles. The third kappa shape index (κ3) is 4.48. The van der Waals surface area contributed by atoms with Crippen LogP contribution in [0.5, 0.6) is 0 Å². The number of nitrogens with zero attached hydrogens (tertiary/aromatic N) is 1. The fraction of sp³-hybridized carbons (Fsp3) is 0.500. The van der Waals surface area contributed by atoms with Gasteiger partial charge in [-0.3, -0.25) is 0 Å². The Morgan fingerprint density at radius 2 is 1.52 bits per heavy atom. The third-order valence-corrected chi connectivity index (χ3v) is 5.97. The highest BCUT2D eigenvalue weighted by molar-refractivity contribution is 7.89. The third-order valence-electron chi connectivity index (χ3n) is 2.72. The van der Waals surface area contributed by atoms with Crippen molar-refractivity contribution in [3.8, 4) is 0 Å². The van der Waals surface area contributed by atoms with Crippen LogP contribution in [-0.2, 0) is 20.0 Å². The molecule has 0 aromatic heterocycles. The summed E-state index contributed by atoms with van der Waals surface area (Å²) in [5, 5.41) is 9.69. The molecule has 0 bridgehead atoms. The Morgan fingerprint density at radius 1 is 1.10 bits per heavy atom. The molecule has 1 rings (SSSR count). The number of sulfonamides is 2. The van der Waals surface area contributed by atoms with Crippen molar-refractivity contribution in [3.05, 3.63) is 24.3 Å². The van der Waals surface area contributed by atoms with Crippen molar-refractivity contribution in [1.29, 1.82) is 0 Å². The summed E-state index contributed by atoms with van der Waals surface area (Å²) in [6.45, 7) is 2.93. The summed E-state index contributed by atoms with van der Waals surface area (Å²) in [7, 11) is -4.76. The second kappa shape index (κ2) is 6.01. The van der Waals surface area contributed by atoms with E-state index >= 15 is 0 Å². The average Bonchev–Trinajstić information content (AvgIpc) is 2.37. The lowest BCUT2D eigenvalue weighted by atomic mass is 10.1. The summed E-state index contributed by atoms with van der Waals surface area (Å²) < 4.78 is 50.9. The van der Waals surface area contributed by atoms with Gasteiger partial charge in [-0.2, -0.15) is 4.31 Å². The number of benzene rings is 1. The first-order valence-corrected chi connectivity index (χ1v) is 9.05. The number of hydrogen-bond donors (Lipinski definition) is 2. The molecular weight excluding hydrogens is 316 g/mol. The molecule has 0 aliphatic rings. The molecule has 1 aromatic carbocycles. The van der Waals surface area contributed by atoms with E-state index in [0.717, 1.165) is 4.31 Å². The van der Waals surface area contributed by atoms with Crippen molar-refractivity contribution in [2.45, 2.75) is 29.2 Å². The Kier molecular flexibility index (Phi) is 5.17. The van der Waals surface area contributed by atoms with Crippen LogP contribution in [0, 0.1) is 0 Å². The van der Waals surface area contributed by atoms with Gasteiger partial charge in [0, 0.05) is 13.6 Å². The number of rotatable bonds is 6. The molecule has 1 aromatic rings. The molecule has 0 fully saturated rings. The summed E-state index contributed by atoms with van der Waals surface area (Å²) >= 11 is 0. The van der Waals surface area contributed by atoms with Gasteiger partial charge in [-0.1, -0.05) is 0 Å². The standard InChI is InChI=1S/C12H20N2O5S2/c1-12(2,15)9-14(4)21(18,19)11-7-5-10(6-8-11)20(16,17)13-3/h5-8,13,15H,9H2,1-4H3. The minimum absolute atomic E-state index is 0.0194. The molecule has 0 unspecified atom stereocenters. The SMILES string of the molecule is CNS(=O)(=O)c1ccc(S(=O)(=O)N(C)CC(C)(C)O)cc1. The van der Waals surface area contributed by atoms with Crippen LogP contribution in [-0.4, -0.2) is 52.5 Å². The number of aliphatic hydroxyl groups is 1. The zero-order valence-corrected chi connectivity index (χ0v) is 14.0. The van der Waals surface area contributed by atoms with Crippen LogP contribution in [0.4, 0.5) is 0 Å². The minimum atomic E-state index is -3.78. The van der Waals surface area contributed by atoms with Crippen LogP contribution in [0.15, 0.2) is 34.1 Å². The molecule has 0 saturated heterocycles. The maximum absolute atomic E-state index is 12.3. The summed E-state index contributed by atoms with van der Waals surface area (Å²) in [5.41, 5.74) is -1.17. The van der Waals surface area contributed by atoms with E-state index in [9.17, 15) is 21.9 Å². The van der Waals surface area contributed by atoms with Crippen LogP contribution >= 0.6 is 0 Å². The van der Waals surface area contributed by atoms with E-state index in [1.165, 1.54) is 52.2 Å². The molecular formula is C12H20N2O5S2. The largest absolute Gasteiger partial charge is 0.389 e. The topological polar surface area (TPSA) is 104 Å². The molecule has 0 aliphatic carbocycles. The second-order valence-electron chi connectivity index (χ2n) is 5.25. The van der Waals surface area contributed by atoms with Gasteiger partial charge in [0.2, 0.25) is 20.0 Å². The lowest BCUT2D eigenvalue weighted by Gasteiger charge is -2.25.